The first-order valence-corrected chi connectivity index (χ1v) is 7.92. The van der Waals surface area contributed by atoms with E-state index in [1.807, 2.05) is 35.9 Å². The number of fused-ring (bicyclic) bond motifs is 1. The van der Waals surface area contributed by atoms with E-state index in [4.69, 9.17) is 9.47 Å². The van der Waals surface area contributed by atoms with E-state index in [0.717, 1.165) is 10.9 Å². The van der Waals surface area contributed by atoms with Gasteiger partial charge >= 0.3 is 0 Å². The van der Waals surface area contributed by atoms with E-state index in [0.29, 0.717) is 22.6 Å². The topological polar surface area (TPSA) is 81.6 Å². The molecule has 2 N–H and O–H groups in total. The largest absolute Gasteiger partial charge is 0.493 e. The summed E-state index contributed by atoms with van der Waals surface area (Å²) in [6, 6.07) is 12.3. The number of nitrogens with one attached hydrogen (secondary N) is 2. The van der Waals surface area contributed by atoms with Gasteiger partial charge in [0.15, 0.2) is 11.5 Å². The van der Waals surface area contributed by atoms with Crippen LogP contribution in [0.1, 0.15) is 20.7 Å². The number of carbonyl (C=O) groups is 2. The predicted molar refractivity (Wildman–Crippen MR) is 97.4 cm³/mol. The minimum atomic E-state index is -0.459. The van der Waals surface area contributed by atoms with Crippen molar-refractivity contribution in [3.63, 3.8) is 0 Å². The molecule has 0 bridgehead atoms. The summed E-state index contributed by atoms with van der Waals surface area (Å²) in [5, 5.41) is 0.813. The van der Waals surface area contributed by atoms with Crippen molar-refractivity contribution in [3.8, 4) is 11.5 Å². The van der Waals surface area contributed by atoms with Gasteiger partial charge in [0.1, 0.15) is 0 Å². The van der Waals surface area contributed by atoms with Crippen LogP contribution in [0, 0.1) is 0 Å². The molecule has 0 atom stereocenters. The lowest BCUT2D eigenvalue weighted by Crippen LogP contribution is -2.41. The first-order chi connectivity index (χ1) is 12.5. The van der Waals surface area contributed by atoms with Gasteiger partial charge in [0.2, 0.25) is 0 Å². The average molecular weight is 353 g/mol. The Balaban J connectivity index is 1.74. The molecule has 26 heavy (non-hydrogen) atoms. The highest BCUT2D eigenvalue weighted by Crippen LogP contribution is 2.27. The van der Waals surface area contributed by atoms with E-state index in [1.165, 1.54) is 20.3 Å². The summed E-state index contributed by atoms with van der Waals surface area (Å²) in [7, 11) is 4.87. The molecular formula is C19H19N3O4. The SMILES string of the molecule is COc1ccc(C(=O)NNC(=O)c2cn(C)c3ccccc23)cc1OC. The summed E-state index contributed by atoms with van der Waals surface area (Å²) in [5.41, 5.74) is 6.61. The lowest BCUT2D eigenvalue weighted by atomic mass is 10.1. The molecule has 0 radical (unpaired) electrons. The third-order valence-electron chi connectivity index (χ3n) is 4.08. The van der Waals surface area contributed by atoms with Crippen LogP contribution < -0.4 is 20.3 Å². The lowest BCUT2D eigenvalue weighted by molar-refractivity contribution is 0.0847. The van der Waals surface area contributed by atoms with Crippen LogP contribution in [0.4, 0.5) is 0 Å². The van der Waals surface area contributed by atoms with Crippen molar-refractivity contribution in [2.24, 2.45) is 7.05 Å². The fourth-order valence-corrected chi connectivity index (χ4v) is 2.75. The number of hydrazine groups is 1. The number of benzene rings is 2. The molecule has 0 unspecified atom stereocenters. The summed E-state index contributed by atoms with van der Waals surface area (Å²) >= 11 is 0. The van der Waals surface area contributed by atoms with Crippen molar-refractivity contribution in [1.82, 2.24) is 15.4 Å². The Hall–Kier alpha value is -3.48. The summed E-state index contributed by atoms with van der Waals surface area (Å²) in [5.74, 6) is 0.0968. The van der Waals surface area contributed by atoms with E-state index in [2.05, 4.69) is 10.9 Å². The van der Waals surface area contributed by atoms with Gasteiger partial charge in [-0.3, -0.25) is 20.4 Å². The second-order valence-corrected chi connectivity index (χ2v) is 5.65. The Morgan fingerprint density at radius 1 is 0.923 bits per heavy atom. The number of aryl methyl sites for hydroxylation is 1. The molecule has 134 valence electrons. The van der Waals surface area contributed by atoms with E-state index < -0.39 is 11.8 Å². The van der Waals surface area contributed by atoms with Crippen molar-refractivity contribution >= 4 is 22.7 Å². The molecule has 7 nitrogen and oxygen atoms in total. The summed E-state index contributed by atoms with van der Waals surface area (Å²) in [4.78, 5) is 24.7. The van der Waals surface area contributed by atoms with Crippen LogP contribution in [0.25, 0.3) is 10.9 Å². The van der Waals surface area contributed by atoms with Crippen molar-refractivity contribution in [2.75, 3.05) is 14.2 Å². The molecule has 0 fully saturated rings. The maximum Gasteiger partial charge on any atom is 0.271 e. The molecule has 1 heterocycles. The maximum atomic E-state index is 12.4. The van der Waals surface area contributed by atoms with Crippen molar-refractivity contribution in [2.45, 2.75) is 0 Å². The average Bonchev–Trinajstić information content (AvgIpc) is 3.02. The number of rotatable bonds is 4. The van der Waals surface area contributed by atoms with Crippen LogP contribution in [0.2, 0.25) is 0 Å². The molecule has 2 aromatic carbocycles. The standard InChI is InChI=1S/C19H19N3O4/c1-22-11-14(13-6-4-5-7-15(13)22)19(24)21-20-18(23)12-8-9-16(25-2)17(10-12)26-3/h4-11H,1-3H3,(H,20,23)(H,21,24). The minimum absolute atomic E-state index is 0.334. The molecule has 3 aromatic rings. The number of methoxy groups -OCH3 is 2. The Bertz CT molecular complexity index is 978. The van der Waals surface area contributed by atoms with Crippen molar-refractivity contribution in [1.29, 1.82) is 0 Å². The van der Waals surface area contributed by atoms with Gasteiger partial charge in [0, 0.05) is 29.7 Å². The molecule has 2 amide bonds. The number of nitrogens with zero attached hydrogens (tertiary/aromatic N) is 1. The van der Waals surface area contributed by atoms with Crippen LogP contribution in [0.15, 0.2) is 48.7 Å². The zero-order valence-electron chi connectivity index (χ0n) is 14.7. The molecule has 0 saturated carbocycles. The zero-order valence-corrected chi connectivity index (χ0v) is 14.7. The summed E-state index contributed by atoms with van der Waals surface area (Å²) < 4.78 is 12.2. The number of carbonyl (C=O) groups excluding carboxylic acids is 2. The smallest absolute Gasteiger partial charge is 0.271 e. The highest BCUT2D eigenvalue weighted by atomic mass is 16.5. The molecular weight excluding hydrogens is 334 g/mol. The van der Waals surface area contributed by atoms with E-state index in [9.17, 15) is 9.59 Å². The third-order valence-corrected chi connectivity index (χ3v) is 4.08. The van der Waals surface area contributed by atoms with Gasteiger partial charge in [0.05, 0.1) is 19.8 Å². The van der Waals surface area contributed by atoms with Gasteiger partial charge in [-0.2, -0.15) is 0 Å². The number of hydrogen-bond acceptors (Lipinski definition) is 4. The first kappa shape index (κ1) is 17.3. The zero-order chi connectivity index (χ0) is 18.7. The highest BCUT2D eigenvalue weighted by Gasteiger charge is 2.15. The quantitative estimate of drug-likeness (QED) is 0.705. The molecule has 0 aliphatic carbocycles. The fraction of sp³-hybridized carbons (Fsp3) is 0.158. The fourth-order valence-electron chi connectivity index (χ4n) is 2.75. The second-order valence-electron chi connectivity index (χ2n) is 5.65. The predicted octanol–water partition coefficient (Wildman–Crippen LogP) is 2.27. The minimum Gasteiger partial charge on any atom is -0.493 e. The monoisotopic (exact) mass is 353 g/mol. The number of ether oxygens (including phenoxy) is 2. The molecule has 0 saturated heterocycles. The van der Waals surface area contributed by atoms with Crippen LogP contribution in [-0.2, 0) is 7.05 Å². The van der Waals surface area contributed by atoms with Crippen molar-refractivity contribution in [3.05, 3.63) is 59.8 Å². The van der Waals surface area contributed by atoms with Gasteiger partial charge in [-0.25, -0.2) is 0 Å². The number of amides is 2. The lowest BCUT2D eigenvalue weighted by Gasteiger charge is -2.10. The van der Waals surface area contributed by atoms with E-state index in [1.54, 1.807) is 18.3 Å². The third kappa shape index (κ3) is 3.19. The molecule has 7 heteroatoms. The van der Waals surface area contributed by atoms with Gasteiger partial charge in [0.25, 0.3) is 11.8 Å². The van der Waals surface area contributed by atoms with Gasteiger partial charge < -0.3 is 14.0 Å². The molecule has 0 aliphatic rings. The van der Waals surface area contributed by atoms with E-state index in [-0.39, 0.29) is 0 Å². The Morgan fingerprint density at radius 3 is 2.35 bits per heavy atom. The molecule has 3 rings (SSSR count). The number of para-hydroxylation sites is 1. The molecule has 1 aromatic heterocycles. The normalized spacial score (nSPS) is 10.4. The second kappa shape index (κ2) is 7.18. The molecule has 0 spiro atoms. The molecule has 0 aliphatic heterocycles. The van der Waals surface area contributed by atoms with Gasteiger partial charge in [-0.05, 0) is 24.3 Å². The van der Waals surface area contributed by atoms with Crippen molar-refractivity contribution < 1.29 is 19.1 Å². The Labute approximate surface area is 150 Å². The summed E-state index contributed by atoms with van der Waals surface area (Å²) in [6.07, 6.45) is 1.72. The number of hydrogen-bond donors (Lipinski definition) is 2. The van der Waals surface area contributed by atoms with Crippen LogP contribution >= 0.6 is 0 Å². The Morgan fingerprint density at radius 2 is 1.62 bits per heavy atom. The highest BCUT2D eigenvalue weighted by molar-refractivity contribution is 6.08. The Kier molecular flexibility index (Phi) is 4.79. The van der Waals surface area contributed by atoms with Crippen LogP contribution in [0.5, 0.6) is 11.5 Å². The maximum absolute atomic E-state index is 12.4. The van der Waals surface area contributed by atoms with Crippen LogP contribution in [0.3, 0.4) is 0 Å². The first-order valence-electron chi connectivity index (χ1n) is 7.92. The number of aromatic nitrogens is 1. The van der Waals surface area contributed by atoms with Crippen LogP contribution in [-0.4, -0.2) is 30.6 Å². The van der Waals surface area contributed by atoms with E-state index >= 15 is 0 Å². The van der Waals surface area contributed by atoms with Gasteiger partial charge in [-0.15, -0.1) is 0 Å². The van der Waals surface area contributed by atoms with Gasteiger partial charge in [-0.1, -0.05) is 18.2 Å². The summed E-state index contributed by atoms with van der Waals surface area (Å²) in [6.45, 7) is 0.